The molecule has 2 rings (SSSR count). The van der Waals surface area contributed by atoms with E-state index < -0.39 is 0 Å². The largest absolute Gasteiger partial charge is 0.497 e. The van der Waals surface area contributed by atoms with Crippen LogP contribution in [0.5, 0.6) is 5.75 Å². The molecule has 2 atom stereocenters. The van der Waals surface area contributed by atoms with Gasteiger partial charge < -0.3 is 9.47 Å². The van der Waals surface area contributed by atoms with Crippen LogP contribution in [0.4, 0.5) is 0 Å². The summed E-state index contributed by atoms with van der Waals surface area (Å²) in [6.07, 6.45) is 6.12. The predicted molar refractivity (Wildman–Crippen MR) is 79.2 cm³/mol. The number of aryl methyl sites for hydroxylation is 1. The second-order valence-corrected chi connectivity index (χ2v) is 5.78. The molecule has 1 saturated heterocycles. The third kappa shape index (κ3) is 4.12. The summed E-state index contributed by atoms with van der Waals surface area (Å²) in [7, 11) is 1.69. The van der Waals surface area contributed by atoms with Gasteiger partial charge in [0.15, 0.2) is 0 Å². The van der Waals surface area contributed by atoms with Crippen LogP contribution in [0.3, 0.4) is 0 Å². The topological polar surface area (TPSA) is 18.5 Å². The van der Waals surface area contributed by atoms with Crippen LogP contribution in [0, 0.1) is 6.92 Å². The quantitative estimate of drug-likeness (QED) is 0.733. The summed E-state index contributed by atoms with van der Waals surface area (Å²) in [5.41, 5.74) is 2.40. The van der Waals surface area contributed by atoms with E-state index in [0.29, 0.717) is 6.10 Å². The molecule has 106 valence electrons. The number of rotatable bonds is 5. The molecule has 0 aromatic heterocycles. The number of hydrogen-bond donors (Lipinski definition) is 0. The van der Waals surface area contributed by atoms with Crippen LogP contribution >= 0.6 is 11.6 Å². The van der Waals surface area contributed by atoms with Gasteiger partial charge in [0.2, 0.25) is 0 Å². The molecule has 3 heteroatoms. The highest BCUT2D eigenvalue weighted by Crippen LogP contribution is 2.32. The lowest BCUT2D eigenvalue weighted by molar-refractivity contribution is 0.01000. The van der Waals surface area contributed by atoms with Gasteiger partial charge in [-0.25, -0.2) is 0 Å². The Morgan fingerprint density at radius 3 is 2.89 bits per heavy atom. The second kappa shape index (κ2) is 7.16. The van der Waals surface area contributed by atoms with Gasteiger partial charge in [0.1, 0.15) is 5.75 Å². The van der Waals surface area contributed by atoms with Gasteiger partial charge in [-0.05, 0) is 62.3 Å². The van der Waals surface area contributed by atoms with Gasteiger partial charge in [-0.3, -0.25) is 0 Å². The Bertz CT molecular complexity index is 400. The molecule has 19 heavy (non-hydrogen) atoms. The fourth-order valence-electron chi connectivity index (χ4n) is 2.65. The average Bonchev–Trinajstić information content (AvgIpc) is 2.45. The smallest absolute Gasteiger partial charge is 0.119 e. The predicted octanol–water partition coefficient (Wildman–Crippen LogP) is 4.63. The van der Waals surface area contributed by atoms with Crippen molar-refractivity contribution in [2.24, 2.45) is 0 Å². The zero-order valence-corrected chi connectivity index (χ0v) is 12.6. The monoisotopic (exact) mass is 282 g/mol. The third-order valence-corrected chi connectivity index (χ3v) is 4.28. The van der Waals surface area contributed by atoms with Gasteiger partial charge in [0.25, 0.3) is 0 Å². The normalized spacial score (nSPS) is 21.1. The molecule has 0 bridgehead atoms. The lowest BCUT2D eigenvalue weighted by Gasteiger charge is -2.23. The van der Waals surface area contributed by atoms with Crippen LogP contribution in [0.1, 0.15) is 48.6 Å². The van der Waals surface area contributed by atoms with Crippen LogP contribution in [-0.2, 0) is 4.74 Å². The van der Waals surface area contributed by atoms with Crippen molar-refractivity contribution in [1.82, 2.24) is 0 Å². The van der Waals surface area contributed by atoms with Crippen molar-refractivity contribution in [3.63, 3.8) is 0 Å². The molecule has 1 aliphatic heterocycles. The molecule has 1 aliphatic rings. The minimum atomic E-state index is 0.0661. The summed E-state index contributed by atoms with van der Waals surface area (Å²) in [6.45, 7) is 3.00. The van der Waals surface area contributed by atoms with Crippen molar-refractivity contribution in [2.45, 2.75) is 50.5 Å². The van der Waals surface area contributed by atoms with Gasteiger partial charge in [-0.2, -0.15) is 0 Å². The van der Waals surface area contributed by atoms with Crippen molar-refractivity contribution in [3.8, 4) is 5.75 Å². The standard InChI is InChI=1S/C16H23ClO2/c1-12-11-14(18-2)6-8-15(12)16(17)9-7-13-5-3-4-10-19-13/h6,8,11,13,16H,3-5,7,9-10H2,1-2H3. The highest BCUT2D eigenvalue weighted by molar-refractivity contribution is 6.20. The number of alkyl halides is 1. The van der Waals surface area contributed by atoms with E-state index in [1.54, 1.807) is 7.11 Å². The van der Waals surface area contributed by atoms with Crippen molar-refractivity contribution < 1.29 is 9.47 Å². The van der Waals surface area contributed by atoms with E-state index in [2.05, 4.69) is 13.0 Å². The summed E-state index contributed by atoms with van der Waals surface area (Å²) in [6, 6.07) is 6.10. The van der Waals surface area contributed by atoms with Crippen LogP contribution in [0.15, 0.2) is 18.2 Å². The maximum Gasteiger partial charge on any atom is 0.119 e. The molecule has 1 fully saturated rings. The maximum absolute atomic E-state index is 6.53. The minimum absolute atomic E-state index is 0.0661. The molecule has 1 aromatic carbocycles. The Morgan fingerprint density at radius 2 is 2.26 bits per heavy atom. The number of methoxy groups -OCH3 is 1. The summed E-state index contributed by atoms with van der Waals surface area (Å²) in [5, 5.41) is 0.0661. The van der Waals surface area contributed by atoms with Gasteiger partial charge >= 0.3 is 0 Å². The molecule has 0 spiro atoms. The van der Waals surface area contributed by atoms with Gasteiger partial charge in [0, 0.05) is 6.61 Å². The van der Waals surface area contributed by atoms with E-state index >= 15 is 0 Å². The molecule has 1 heterocycles. The molecular weight excluding hydrogens is 260 g/mol. The molecular formula is C16H23ClO2. The van der Waals surface area contributed by atoms with E-state index in [-0.39, 0.29) is 5.38 Å². The van der Waals surface area contributed by atoms with Crippen LogP contribution in [-0.4, -0.2) is 19.8 Å². The van der Waals surface area contributed by atoms with Crippen LogP contribution in [0.2, 0.25) is 0 Å². The second-order valence-electron chi connectivity index (χ2n) is 5.26. The van der Waals surface area contributed by atoms with Crippen molar-refractivity contribution in [1.29, 1.82) is 0 Å². The van der Waals surface area contributed by atoms with Crippen LogP contribution < -0.4 is 4.74 Å². The highest BCUT2D eigenvalue weighted by Gasteiger charge is 2.17. The molecule has 2 nitrogen and oxygen atoms in total. The molecule has 1 aromatic rings. The summed E-state index contributed by atoms with van der Waals surface area (Å²) < 4.78 is 11.0. The molecule has 0 aliphatic carbocycles. The zero-order chi connectivity index (χ0) is 13.7. The molecule has 0 saturated carbocycles. The summed E-state index contributed by atoms with van der Waals surface area (Å²) >= 11 is 6.53. The molecule has 2 unspecified atom stereocenters. The van der Waals surface area contributed by atoms with Gasteiger partial charge in [-0.1, -0.05) is 6.07 Å². The number of benzene rings is 1. The Labute approximate surface area is 121 Å². The van der Waals surface area contributed by atoms with Crippen molar-refractivity contribution in [2.75, 3.05) is 13.7 Å². The fourth-order valence-corrected chi connectivity index (χ4v) is 3.02. The summed E-state index contributed by atoms with van der Waals surface area (Å²) in [5.74, 6) is 0.890. The number of ether oxygens (including phenoxy) is 2. The van der Waals surface area contributed by atoms with Crippen molar-refractivity contribution in [3.05, 3.63) is 29.3 Å². The Balaban J connectivity index is 1.89. The highest BCUT2D eigenvalue weighted by atomic mass is 35.5. The van der Waals surface area contributed by atoms with E-state index in [4.69, 9.17) is 21.1 Å². The SMILES string of the molecule is COc1ccc(C(Cl)CCC2CCCCO2)c(C)c1. The first-order valence-corrected chi connectivity index (χ1v) is 7.54. The first kappa shape index (κ1) is 14.7. The average molecular weight is 283 g/mol. The fraction of sp³-hybridized carbons (Fsp3) is 0.625. The zero-order valence-electron chi connectivity index (χ0n) is 11.8. The van der Waals surface area contributed by atoms with E-state index in [0.717, 1.165) is 25.2 Å². The van der Waals surface area contributed by atoms with E-state index in [1.165, 1.54) is 30.4 Å². The Kier molecular flexibility index (Phi) is 5.53. The minimum Gasteiger partial charge on any atom is -0.497 e. The summed E-state index contributed by atoms with van der Waals surface area (Å²) in [4.78, 5) is 0. The molecule has 0 radical (unpaired) electrons. The van der Waals surface area contributed by atoms with Crippen LogP contribution in [0.25, 0.3) is 0 Å². The van der Waals surface area contributed by atoms with E-state index in [9.17, 15) is 0 Å². The third-order valence-electron chi connectivity index (χ3n) is 3.83. The van der Waals surface area contributed by atoms with Gasteiger partial charge in [0.05, 0.1) is 18.6 Å². The maximum atomic E-state index is 6.53. The lowest BCUT2D eigenvalue weighted by Crippen LogP contribution is -2.19. The van der Waals surface area contributed by atoms with Gasteiger partial charge in [-0.15, -0.1) is 11.6 Å². The van der Waals surface area contributed by atoms with Crippen molar-refractivity contribution >= 4 is 11.6 Å². The van der Waals surface area contributed by atoms with E-state index in [1.807, 2.05) is 12.1 Å². The first-order chi connectivity index (χ1) is 9.20. The Morgan fingerprint density at radius 1 is 1.42 bits per heavy atom. The number of halogens is 1. The number of hydrogen-bond acceptors (Lipinski definition) is 2. The first-order valence-electron chi connectivity index (χ1n) is 7.11. The lowest BCUT2D eigenvalue weighted by atomic mass is 9.98. The molecule has 0 N–H and O–H groups in total. The Hall–Kier alpha value is -0.730. The molecule has 0 amide bonds.